The summed E-state index contributed by atoms with van der Waals surface area (Å²) < 4.78 is 5.31. The highest BCUT2D eigenvalue weighted by Gasteiger charge is 2.48. The number of rotatable bonds is 7. The minimum Gasteiger partial charge on any atom is -0.497 e. The van der Waals surface area contributed by atoms with E-state index in [2.05, 4.69) is 21.9 Å². The van der Waals surface area contributed by atoms with Gasteiger partial charge in [-0.25, -0.2) is 0 Å². The second-order valence-electron chi connectivity index (χ2n) is 8.87. The minimum atomic E-state index is -0.668. The van der Waals surface area contributed by atoms with Crippen LogP contribution < -0.4 is 4.74 Å². The third-order valence-corrected chi connectivity index (χ3v) is 7.21. The Balaban J connectivity index is 1.53. The van der Waals surface area contributed by atoms with Crippen LogP contribution >= 0.6 is 0 Å². The summed E-state index contributed by atoms with van der Waals surface area (Å²) >= 11 is 0. The molecule has 0 aromatic heterocycles. The van der Waals surface area contributed by atoms with Gasteiger partial charge in [-0.2, -0.15) is 0 Å². The van der Waals surface area contributed by atoms with E-state index in [1.165, 1.54) is 44.3 Å². The van der Waals surface area contributed by atoms with Crippen molar-refractivity contribution in [2.24, 2.45) is 11.8 Å². The van der Waals surface area contributed by atoms with Gasteiger partial charge in [0.25, 0.3) is 0 Å². The van der Waals surface area contributed by atoms with Crippen LogP contribution in [0.2, 0.25) is 0 Å². The summed E-state index contributed by atoms with van der Waals surface area (Å²) in [6, 6.07) is 9.67. The van der Waals surface area contributed by atoms with E-state index in [-0.39, 0.29) is 6.42 Å². The monoisotopic (exact) mass is 386 g/mol. The highest BCUT2D eigenvalue weighted by Crippen LogP contribution is 2.43. The molecule has 0 aliphatic carbocycles. The first kappa shape index (κ1) is 19.7. The zero-order valence-corrected chi connectivity index (χ0v) is 17.1. The predicted octanol–water partition coefficient (Wildman–Crippen LogP) is 3.62. The predicted molar refractivity (Wildman–Crippen MR) is 109 cm³/mol. The van der Waals surface area contributed by atoms with E-state index in [1.807, 2.05) is 12.1 Å². The van der Waals surface area contributed by atoms with Gasteiger partial charge < -0.3 is 9.84 Å². The van der Waals surface area contributed by atoms with E-state index in [4.69, 9.17) is 9.84 Å². The number of benzene rings is 1. The molecular formula is C23H34N2O3. The largest absolute Gasteiger partial charge is 0.497 e. The molecule has 3 fully saturated rings. The van der Waals surface area contributed by atoms with Crippen LogP contribution in [-0.4, -0.2) is 59.7 Å². The Morgan fingerprint density at radius 3 is 2.64 bits per heavy atom. The standard InChI is InChI=1S/C23H34N2O3/c1-28-19-11-9-17(10-12-19)15-25-16-18-5-3-13-24-14-4-6-20(23(18)24)21(25)7-2-8-22(26)27/h9-12,18,20-21,23H,2-8,13-16H2,1H3,(H,26,27)/t18-,20+,21-,23-/m0/s1. The van der Waals surface area contributed by atoms with Crippen molar-refractivity contribution in [1.82, 2.24) is 9.80 Å². The van der Waals surface area contributed by atoms with Gasteiger partial charge in [-0.15, -0.1) is 0 Å². The number of piperidine rings is 3. The van der Waals surface area contributed by atoms with Gasteiger partial charge in [-0.05, 0) is 81.1 Å². The fourth-order valence-corrected chi connectivity index (χ4v) is 6.09. The summed E-state index contributed by atoms with van der Waals surface area (Å²) in [5.74, 6) is 1.70. The molecule has 0 saturated carbocycles. The molecule has 5 nitrogen and oxygen atoms in total. The first-order valence-corrected chi connectivity index (χ1v) is 11.0. The van der Waals surface area contributed by atoms with Gasteiger partial charge in [-0.3, -0.25) is 14.6 Å². The normalized spacial score (nSPS) is 30.6. The number of hydrogen-bond donors (Lipinski definition) is 1. The smallest absolute Gasteiger partial charge is 0.303 e. The lowest BCUT2D eigenvalue weighted by Crippen LogP contribution is -2.64. The molecule has 4 rings (SSSR count). The summed E-state index contributed by atoms with van der Waals surface area (Å²) in [5.41, 5.74) is 1.32. The Bertz CT molecular complexity index is 660. The fraction of sp³-hybridized carbons (Fsp3) is 0.696. The summed E-state index contributed by atoms with van der Waals surface area (Å²) in [6.07, 6.45) is 7.34. The number of carboxylic acids is 1. The molecule has 0 unspecified atom stereocenters. The van der Waals surface area contributed by atoms with E-state index < -0.39 is 5.97 Å². The van der Waals surface area contributed by atoms with Gasteiger partial charge in [0.15, 0.2) is 0 Å². The molecule has 3 saturated heterocycles. The maximum atomic E-state index is 11.1. The van der Waals surface area contributed by atoms with Crippen molar-refractivity contribution in [3.05, 3.63) is 29.8 Å². The Hall–Kier alpha value is -1.59. The van der Waals surface area contributed by atoms with Crippen LogP contribution in [0.15, 0.2) is 24.3 Å². The van der Waals surface area contributed by atoms with Crippen LogP contribution in [0, 0.1) is 11.8 Å². The lowest BCUT2D eigenvalue weighted by Gasteiger charge is -2.57. The van der Waals surface area contributed by atoms with E-state index in [1.54, 1.807) is 7.11 Å². The molecule has 0 spiro atoms. The molecular weight excluding hydrogens is 352 g/mol. The third-order valence-electron chi connectivity index (χ3n) is 7.21. The summed E-state index contributed by atoms with van der Waals surface area (Å²) in [7, 11) is 1.70. The first-order chi connectivity index (χ1) is 13.7. The summed E-state index contributed by atoms with van der Waals surface area (Å²) in [4.78, 5) is 16.5. The first-order valence-electron chi connectivity index (χ1n) is 11.0. The third kappa shape index (κ3) is 4.20. The van der Waals surface area contributed by atoms with Gasteiger partial charge in [0, 0.05) is 31.6 Å². The lowest BCUT2D eigenvalue weighted by molar-refractivity contribution is -0.137. The average molecular weight is 387 g/mol. The Labute approximate surface area is 168 Å². The van der Waals surface area contributed by atoms with Crippen molar-refractivity contribution in [3.63, 3.8) is 0 Å². The van der Waals surface area contributed by atoms with Gasteiger partial charge >= 0.3 is 5.97 Å². The van der Waals surface area contributed by atoms with Crippen molar-refractivity contribution in [2.75, 3.05) is 26.7 Å². The second kappa shape index (κ2) is 8.83. The van der Waals surface area contributed by atoms with E-state index >= 15 is 0 Å². The van der Waals surface area contributed by atoms with Crippen molar-refractivity contribution in [3.8, 4) is 5.75 Å². The number of hydrogen-bond acceptors (Lipinski definition) is 4. The number of aliphatic carboxylic acids is 1. The van der Waals surface area contributed by atoms with Crippen molar-refractivity contribution >= 4 is 5.97 Å². The number of methoxy groups -OCH3 is 1. The SMILES string of the molecule is COc1ccc(CN2C[C@@H]3CCCN4CCC[C@@H]([C@H]34)[C@@H]2CCCC(=O)O)cc1. The highest BCUT2D eigenvalue weighted by molar-refractivity contribution is 5.66. The van der Waals surface area contributed by atoms with E-state index in [0.717, 1.165) is 43.6 Å². The maximum absolute atomic E-state index is 11.1. The van der Waals surface area contributed by atoms with Gasteiger partial charge in [0.2, 0.25) is 0 Å². The van der Waals surface area contributed by atoms with E-state index in [0.29, 0.717) is 12.0 Å². The minimum absolute atomic E-state index is 0.289. The Morgan fingerprint density at radius 1 is 1.18 bits per heavy atom. The molecule has 154 valence electrons. The van der Waals surface area contributed by atoms with Crippen LogP contribution in [0.5, 0.6) is 5.75 Å². The number of likely N-dealkylation sites (tertiary alicyclic amines) is 1. The molecule has 28 heavy (non-hydrogen) atoms. The van der Waals surface area contributed by atoms with Gasteiger partial charge in [-0.1, -0.05) is 12.1 Å². The van der Waals surface area contributed by atoms with E-state index in [9.17, 15) is 4.79 Å². The molecule has 4 atom stereocenters. The van der Waals surface area contributed by atoms with Crippen LogP contribution in [0.4, 0.5) is 0 Å². The molecule has 3 aliphatic heterocycles. The molecule has 5 heteroatoms. The molecule has 0 radical (unpaired) electrons. The lowest BCUT2D eigenvalue weighted by atomic mass is 9.69. The number of ether oxygens (including phenoxy) is 1. The number of nitrogens with zero attached hydrogens (tertiary/aromatic N) is 2. The summed E-state index contributed by atoms with van der Waals surface area (Å²) in [5, 5.41) is 9.12. The van der Waals surface area contributed by atoms with Crippen LogP contribution in [0.3, 0.4) is 0 Å². The number of carboxylic acid groups (broad SMARTS) is 1. The fourth-order valence-electron chi connectivity index (χ4n) is 6.09. The quantitative estimate of drug-likeness (QED) is 0.776. The van der Waals surface area contributed by atoms with Crippen molar-refractivity contribution in [1.29, 1.82) is 0 Å². The zero-order chi connectivity index (χ0) is 19.5. The topological polar surface area (TPSA) is 53.0 Å². The van der Waals surface area contributed by atoms with Crippen molar-refractivity contribution in [2.45, 2.75) is 63.6 Å². The molecule has 0 bridgehead atoms. The Kier molecular flexibility index (Phi) is 6.22. The second-order valence-corrected chi connectivity index (χ2v) is 8.87. The molecule has 1 aromatic rings. The van der Waals surface area contributed by atoms with Crippen molar-refractivity contribution < 1.29 is 14.6 Å². The summed E-state index contributed by atoms with van der Waals surface area (Å²) in [6.45, 7) is 4.64. The highest BCUT2D eigenvalue weighted by atomic mass is 16.5. The molecule has 0 amide bonds. The van der Waals surface area contributed by atoms with Crippen LogP contribution in [0.1, 0.15) is 50.5 Å². The van der Waals surface area contributed by atoms with Gasteiger partial charge in [0.1, 0.15) is 5.75 Å². The average Bonchev–Trinajstić information content (AvgIpc) is 2.71. The maximum Gasteiger partial charge on any atom is 0.303 e. The molecule has 1 aromatic carbocycles. The molecule has 3 heterocycles. The van der Waals surface area contributed by atoms with Crippen LogP contribution in [0.25, 0.3) is 0 Å². The number of carbonyl (C=O) groups is 1. The zero-order valence-electron chi connectivity index (χ0n) is 17.1. The Morgan fingerprint density at radius 2 is 1.93 bits per heavy atom. The molecule has 1 N–H and O–H groups in total. The van der Waals surface area contributed by atoms with Gasteiger partial charge in [0.05, 0.1) is 7.11 Å². The molecule has 3 aliphatic rings. The van der Waals surface area contributed by atoms with Crippen LogP contribution in [-0.2, 0) is 11.3 Å².